The molecule has 0 aromatic carbocycles. The van der Waals surface area contributed by atoms with Gasteiger partial charge in [-0.1, -0.05) is 0 Å². The minimum atomic E-state index is -1.18. The first-order valence-electron chi connectivity index (χ1n) is 1.77. The van der Waals surface area contributed by atoms with Crippen molar-refractivity contribution >= 4 is 43.7 Å². The predicted octanol–water partition coefficient (Wildman–Crippen LogP) is -2.53. The summed E-state index contributed by atoms with van der Waals surface area (Å²) in [5.74, 6) is -1.18. The molecule has 0 heterocycles. The van der Waals surface area contributed by atoms with Crippen LogP contribution in [0, 0.1) is 0 Å². The summed E-state index contributed by atoms with van der Waals surface area (Å²) in [6.07, 6.45) is 0. The Bertz CT molecular complexity index is 76.9. The van der Waals surface area contributed by atoms with Crippen LogP contribution in [0.15, 0.2) is 0 Å². The Kier molecular flexibility index (Phi) is 8.27. The summed E-state index contributed by atoms with van der Waals surface area (Å²) in [4.78, 5) is 9.65. The van der Waals surface area contributed by atoms with Crippen LogP contribution < -0.4 is 5.73 Å². The number of carboxylic acid groups (broad SMARTS) is 1. The molecule has 5 heteroatoms. The first kappa shape index (κ1) is 11.4. The second-order valence-corrected chi connectivity index (χ2v) is 1.13. The van der Waals surface area contributed by atoms with E-state index in [-0.39, 0.29) is 37.7 Å². The molecule has 0 bridgehead atoms. The zero-order valence-corrected chi connectivity index (χ0v) is 3.66. The number of rotatable bonds is 2. The number of aliphatic hydroxyl groups is 1. The predicted molar refractivity (Wildman–Crippen MR) is 31.2 cm³/mol. The van der Waals surface area contributed by atoms with Gasteiger partial charge in [-0.05, 0) is 0 Å². The van der Waals surface area contributed by atoms with Gasteiger partial charge in [-0.15, -0.1) is 0 Å². The van der Waals surface area contributed by atoms with E-state index in [1.165, 1.54) is 0 Å². The van der Waals surface area contributed by atoms with Gasteiger partial charge in [0.05, 0.1) is 6.61 Å². The average Bonchev–Trinajstić information content (AvgIpc) is 1.65. The van der Waals surface area contributed by atoms with Gasteiger partial charge >= 0.3 is 43.7 Å². The fourth-order valence-electron chi connectivity index (χ4n) is 0.0781. The van der Waals surface area contributed by atoms with Crippen molar-refractivity contribution in [1.29, 1.82) is 0 Å². The van der Waals surface area contributed by atoms with Crippen molar-refractivity contribution in [3.05, 3.63) is 0 Å². The van der Waals surface area contributed by atoms with Crippen LogP contribution >= 0.6 is 0 Å². The monoisotopic (exact) mass is 147 g/mol. The summed E-state index contributed by atoms with van der Waals surface area (Å²) in [5.41, 5.74) is 4.77. The Balaban J connectivity index is 0. The second kappa shape index (κ2) is 5.78. The Labute approximate surface area is 76.7 Å². The van der Waals surface area contributed by atoms with E-state index >= 15 is 0 Å². The molecule has 0 aromatic heterocycles. The van der Waals surface area contributed by atoms with Gasteiger partial charge in [-0.3, -0.25) is 4.79 Å². The molecule has 0 aliphatic rings. The number of carbonyl (C=O) groups is 1. The molecule has 4 nitrogen and oxygen atoms in total. The number of hydrogen-bond donors (Lipinski definition) is 3. The van der Waals surface area contributed by atoms with E-state index in [0.717, 1.165) is 0 Å². The maximum absolute atomic E-state index is 9.65. The van der Waals surface area contributed by atoms with Gasteiger partial charge in [0.15, 0.2) is 0 Å². The molecule has 0 aliphatic heterocycles. The number of nitrogens with two attached hydrogens (primary N) is 1. The van der Waals surface area contributed by atoms with E-state index in [1.54, 1.807) is 0 Å². The Morgan fingerprint density at radius 1 is 1.75 bits per heavy atom. The molecule has 4 N–H and O–H groups in total. The number of hydrogen-bond acceptors (Lipinski definition) is 3. The summed E-state index contributed by atoms with van der Waals surface area (Å²) >= 11 is 0. The van der Waals surface area contributed by atoms with Gasteiger partial charge in [0.25, 0.3) is 0 Å². The minimum absolute atomic E-state index is 0. The van der Waals surface area contributed by atoms with E-state index in [9.17, 15) is 4.79 Å². The third-order valence-corrected chi connectivity index (χ3v) is 0.514. The first-order chi connectivity index (χ1) is 3.18. The summed E-state index contributed by atoms with van der Waals surface area (Å²) in [6, 6.07) is -1.13. The summed E-state index contributed by atoms with van der Waals surface area (Å²) < 4.78 is 0. The summed E-state index contributed by atoms with van der Waals surface area (Å²) in [7, 11) is 0. The van der Waals surface area contributed by atoms with Crippen LogP contribution in [0.1, 0.15) is 0 Å². The molecule has 1 atom stereocenters. The molecule has 0 radical (unpaired) electrons. The second-order valence-electron chi connectivity index (χ2n) is 1.13. The van der Waals surface area contributed by atoms with Gasteiger partial charge in [-0.25, -0.2) is 0 Å². The van der Waals surface area contributed by atoms with Crippen molar-refractivity contribution < 1.29 is 15.0 Å². The van der Waals surface area contributed by atoms with Gasteiger partial charge in [-0.2, -0.15) is 0 Å². The molecular formula is C3H9CaNO3. The molecule has 0 rings (SSSR count). The van der Waals surface area contributed by atoms with Gasteiger partial charge in [0.2, 0.25) is 0 Å². The molecule has 8 heavy (non-hydrogen) atoms. The Morgan fingerprint density at radius 3 is 2.12 bits per heavy atom. The Morgan fingerprint density at radius 2 is 2.12 bits per heavy atom. The van der Waals surface area contributed by atoms with Crippen LogP contribution in [-0.2, 0) is 4.79 Å². The van der Waals surface area contributed by atoms with Crippen molar-refractivity contribution in [3.8, 4) is 0 Å². The molecule has 0 unspecified atom stereocenters. The zero-order valence-electron chi connectivity index (χ0n) is 3.66. The number of aliphatic hydroxyl groups excluding tert-OH is 1. The molecule has 0 fully saturated rings. The molecule has 0 saturated carbocycles. The van der Waals surface area contributed by atoms with E-state index in [1.807, 2.05) is 0 Å². The van der Waals surface area contributed by atoms with Crippen LogP contribution in [0.3, 0.4) is 0 Å². The van der Waals surface area contributed by atoms with E-state index in [4.69, 9.17) is 15.9 Å². The van der Waals surface area contributed by atoms with Crippen molar-refractivity contribution in [3.63, 3.8) is 0 Å². The summed E-state index contributed by atoms with van der Waals surface area (Å²) in [6.45, 7) is -0.505. The van der Waals surface area contributed by atoms with Crippen LogP contribution in [-0.4, -0.2) is 66.6 Å². The standard InChI is InChI=1S/C3H7NO3.Ca.2H/c4-2(1-5)3(6)7;;;/h2,5H,1,4H2,(H,6,7);;;/t2-;;;/m0.../s1. The number of carboxylic acids is 1. The maximum atomic E-state index is 9.65. The fourth-order valence-corrected chi connectivity index (χ4v) is 0.0781. The molecule has 0 amide bonds. The number of aliphatic carboxylic acids is 1. The van der Waals surface area contributed by atoms with Crippen LogP contribution in [0.5, 0.6) is 0 Å². The summed E-state index contributed by atoms with van der Waals surface area (Å²) in [5, 5.41) is 15.9. The van der Waals surface area contributed by atoms with Gasteiger partial charge in [0, 0.05) is 0 Å². The van der Waals surface area contributed by atoms with Crippen molar-refractivity contribution in [2.75, 3.05) is 6.61 Å². The van der Waals surface area contributed by atoms with E-state index in [2.05, 4.69) is 0 Å². The first-order valence-corrected chi connectivity index (χ1v) is 1.77. The molecular weight excluding hydrogens is 138 g/mol. The average molecular weight is 147 g/mol. The van der Waals surface area contributed by atoms with Crippen molar-refractivity contribution in [1.82, 2.24) is 0 Å². The van der Waals surface area contributed by atoms with Crippen molar-refractivity contribution in [2.45, 2.75) is 6.04 Å². The van der Waals surface area contributed by atoms with Crippen LogP contribution in [0.25, 0.3) is 0 Å². The molecule has 0 spiro atoms. The normalized spacial score (nSPS) is 11.8. The van der Waals surface area contributed by atoms with E-state index < -0.39 is 18.6 Å². The van der Waals surface area contributed by atoms with Gasteiger partial charge in [0.1, 0.15) is 6.04 Å². The van der Waals surface area contributed by atoms with Crippen molar-refractivity contribution in [2.24, 2.45) is 5.73 Å². The zero-order chi connectivity index (χ0) is 5.86. The fraction of sp³-hybridized carbons (Fsp3) is 0.667. The third kappa shape index (κ3) is 4.80. The van der Waals surface area contributed by atoms with E-state index in [0.29, 0.717) is 0 Å². The molecule has 46 valence electrons. The molecule has 0 aromatic rings. The third-order valence-electron chi connectivity index (χ3n) is 0.514. The SMILES string of the molecule is N[C@@H](CO)C(=O)O.[CaH2]. The van der Waals surface area contributed by atoms with Crippen LogP contribution in [0.4, 0.5) is 0 Å². The van der Waals surface area contributed by atoms with Crippen LogP contribution in [0.2, 0.25) is 0 Å². The topological polar surface area (TPSA) is 83.5 Å². The van der Waals surface area contributed by atoms with Gasteiger partial charge < -0.3 is 15.9 Å². The Hall–Kier alpha value is 0.650. The molecule has 0 saturated heterocycles. The quantitative estimate of drug-likeness (QED) is 0.376. The molecule has 0 aliphatic carbocycles.